The third kappa shape index (κ3) is 6.58. The maximum Gasteiger partial charge on any atom is 0.417 e. The van der Waals surface area contributed by atoms with E-state index in [1.54, 1.807) is 0 Å². The van der Waals surface area contributed by atoms with E-state index in [9.17, 15) is 18.0 Å². The Labute approximate surface area is 217 Å². The van der Waals surface area contributed by atoms with Crippen LogP contribution in [0.2, 0.25) is 0 Å². The van der Waals surface area contributed by atoms with Gasteiger partial charge in [0, 0.05) is 25.0 Å². The highest BCUT2D eigenvalue weighted by Gasteiger charge is 2.33. The number of benzene rings is 1. The highest BCUT2D eigenvalue weighted by Crippen LogP contribution is 2.37. The number of hydrogen-bond acceptors (Lipinski definition) is 8. The second kappa shape index (κ2) is 11.5. The summed E-state index contributed by atoms with van der Waals surface area (Å²) in [6.45, 7) is 7.37. The lowest BCUT2D eigenvalue weighted by molar-refractivity contribution is -0.137. The highest BCUT2D eigenvalue weighted by molar-refractivity contribution is 7.19. The molecule has 7 nitrogen and oxygen atoms in total. The molecule has 1 fully saturated rings. The minimum atomic E-state index is -4.64. The van der Waals surface area contributed by atoms with Crippen LogP contribution in [0.5, 0.6) is 0 Å². The number of nitrogens with zero attached hydrogens (tertiary/aromatic N) is 3. The van der Waals surface area contributed by atoms with Gasteiger partial charge in [0.05, 0.1) is 36.5 Å². The molecule has 0 bridgehead atoms. The Morgan fingerprint density at radius 1 is 1.22 bits per heavy atom. The number of aryl methyl sites for hydroxylation is 1. The molecular formula is C26H29F3N4O3S. The van der Waals surface area contributed by atoms with E-state index in [0.29, 0.717) is 30.5 Å². The number of rotatable bonds is 8. The third-order valence-corrected chi connectivity index (χ3v) is 7.07. The summed E-state index contributed by atoms with van der Waals surface area (Å²) in [6.07, 6.45) is -2.29. The van der Waals surface area contributed by atoms with Crippen molar-refractivity contribution in [3.63, 3.8) is 0 Å². The van der Waals surface area contributed by atoms with Gasteiger partial charge < -0.3 is 19.7 Å². The van der Waals surface area contributed by atoms with E-state index in [-0.39, 0.29) is 11.4 Å². The van der Waals surface area contributed by atoms with Crippen LogP contribution >= 0.6 is 11.3 Å². The molecule has 1 N–H and O–H groups in total. The Balaban J connectivity index is 1.65. The monoisotopic (exact) mass is 534 g/mol. The molecule has 1 aliphatic rings. The number of thiazole rings is 1. The van der Waals surface area contributed by atoms with Crippen LogP contribution in [0.4, 0.5) is 29.8 Å². The van der Waals surface area contributed by atoms with Gasteiger partial charge in [0.2, 0.25) is 0 Å². The minimum absolute atomic E-state index is 0.0433. The lowest BCUT2D eigenvalue weighted by Crippen LogP contribution is -2.36. The topological polar surface area (TPSA) is 76.6 Å². The number of ether oxygens (including phenoxy) is 2. The van der Waals surface area contributed by atoms with E-state index in [1.165, 1.54) is 11.3 Å². The maximum absolute atomic E-state index is 13.2. The van der Waals surface area contributed by atoms with Crippen molar-refractivity contribution in [1.82, 2.24) is 9.97 Å². The number of carbonyl (C=O) groups is 1. The van der Waals surface area contributed by atoms with Crippen LogP contribution < -0.4 is 10.2 Å². The zero-order valence-electron chi connectivity index (χ0n) is 20.9. The molecule has 0 amide bonds. The zero-order chi connectivity index (χ0) is 26.6. The van der Waals surface area contributed by atoms with Gasteiger partial charge >= 0.3 is 12.1 Å². The van der Waals surface area contributed by atoms with Crippen molar-refractivity contribution in [2.75, 3.05) is 43.6 Å². The van der Waals surface area contributed by atoms with Crippen LogP contribution in [0.3, 0.4) is 0 Å². The van der Waals surface area contributed by atoms with Crippen molar-refractivity contribution in [2.24, 2.45) is 5.92 Å². The molecule has 0 saturated carbocycles. The zero-order valence-corrected chi connectivity index (χ0v) is 21.7. The van der Waals surface area contributed by atoms with Gasteiger partial charge in [0.25, 0.3) is 0 Å². The van der Waals surface area contributed by atoms with E-state index in [4.69, 9.17) is 14.5 Å². The van der Waals surface area contributed by atoms with Crippen molar-refractivity contribution in [1.29, 1.82) is 0 Å². The fourth-order valence-corrected chi connectivity index (χ4v) is 4.97. The number of carbonyl (C=O) groups excluding carboxylic acids is 1. The molecule has 3 aromatic rings. The number of esters is 1. The summed E-state index contributed by atoms with van der Waals surface area (Å²) >= 11 is 1.37. The largest absolute Gasteiger partial charge is 0.465 e. The van der Waals surface area contributed by atoms with Crippen LogP contribution in [0.25, 0.3) is 10.4 Å². The molecule has 2 aromatic heterocycles. The normalized spacial score (nSPS) is 14.2. The van der Waals surface area contributed by atoms with Crippen LogP contribution in [0, 0.1) is 5.92 Å². The van der Waals surface area contributed by atoms with Crippen molar-refractivity contribution >= 4 is 33.9 Å². The second-order valence-electron chi connectivity index (χ2n) is 9.11. The lowest BCUT2D eigenvalue weighted by atomic mass is 10.0. The number of halogens is 3. The number of morpholine rings is 1. The van der Waals surface area contributed by atoms with Crippen LogP contribution in [-0.4, -0.2) is 49.4 Å². The fraction of sp³-hybridized carbons (Fsp3) is 0.423. The summed E-state index contributed by atoms with van der Waals surface area (Å²) < 4.78 is 49.7. The molecule has 1 saturated heterocycles. The number of methoxy groups -OCH3 is 1. The highest BCUT2D eigenvalue weighted by atomic mass is 32.1. The molecule has 0 atom stereocenters. The number of pyridine rings is 1. The summed E-state index contributed by atoms with van der Waals surface area (Å²) in [5.41, 5.74) is 1.65. The predicted molar refractivity (Wildman–Crippen MR) is 138 cm³/mol. The first-order valence-corrected chi connectivity index (χ1v) is 12.8. The molecule has 1 aliphatic heterocycles. The molecule has 1 aromatic carbocycles. The molecule has 0 radical (unpaired) electrons. The van der Waals surface area contributed by atoms with Crippen molar-refractivity contribution < 1.29 is 27.4 Å². The maximum atomic E-state index is 13.2. The molecule has 3 heterocycles. The van der Waals surface area contributed by atoms with Crippen LogP contribution in [0.15, 0.2) is 36.5 Å². The Morgan fingerprint density at radius 3 is 2.54 bits per heavy atom. The predicted octanol–water partition coefficient (Wildman–Crippen LogP) is 6.18. The van der Waals surface area contributed by atoms with Gasteiger partial charge in [-0.15, -0.1) is 0 Å². The van der Waals surface area contributed by atoms with E-state index in [1.807, 2.05) is 0 Å². The standard InChI is InChI=1S/C26H29F3N4O3S/c1-16(2)4-9-21-22(17-5-7-19(8-6-17)33-10-12-36-13-11-33)37-25(31-21)32-23-20(24(34)35-3)14-18(15-30-23)26(27,28)29/h5-8,14-16H,4,9-13H2,1-3H3,(H,30,31,32). The molecule has 0 aliphatic carbocycles. The SMILES string of the molecule is COC(=O)c1cc(C(F)(F)F)cnc1Nc1nc(CCC(C)C)c(-c2ccc(N3CCOCC3)cc2)s1. The summed E-state index contributed by atoms with van der Waals surface area (Å²) in [5, 5.41) is 3.39. The third-order valence-electron chi connectivity index (χ3n) is 6.01. The van der Waals surface area contributed by atoms with Gasteiger partial charge in [0.15, 0.2) is 5.13 Å². The van der Waals surface area contributed by atoms with Crippen LogP contribution in [0.1, 0.15) is 41.9 Å². The Bertz CT molecular complexity index is 1220. The molecule has 0 unspecified atom stereocenters. The molecule has 198 valence electrons. The fourth-order valence-electron chi connectivity index (χ4n) is 3.96. The number of alkyl halides is 3. The number of aromatic nitrogens is 2. The molecule has 4 rings (SSSR count). The average Bonchev–Trinajstić information content (AvgIpc) is 3.29. The van der Waals surface area contributed by atoms with Crippen molar-refractivity contribution in [2.45, 2.75) is 32.9 Å². The summed E-state index contributed by atoms with van der Waals surface area (Å²) in [5.74, 6) is -0.494. The van der Waals surface area contributed by atoms with Gasteiger partial charge in [-0.3, -0.25) is 0 Å². The Hall–Kier alpha value is -3.18. The van der Waals surface area contributed by atoms with E-state index in [0.717, 1.165) is 60.9 Å². The van der Waals surface area contributed by atoms with Gasteiger partial charge in [-0.25, -0.2) is 14.8 Å². The average molecular weight is 535 g/mol. The molecular weight excluding hydrogens is 505 g/mol. The lowest BCUT2D eigenvalue weighted by Gasteiger charge is -2.28. The first-order chi connectivity index (χ1) is 17.7. The summed E-state index contributed by atoms with van der Waals surface area (Å²) in [7, 11) is 1.11. The number of hydrogen-bond donors (Lipinski definition) is 1. The second-order valence-corrected chi connectivity index (χ2v) is 10.1. The van der Waals surface area contributed by atoms with E-state index >= 15 is 0 Å². The number of anilines is 3. The molecule has 0 spiro atoms. The first kappa shape index (κ1) is 26.9. The van der Waals surface area contributed by atoms with Gasteiger partial charge in [-0.1, -0.05) is 37.3 Å². The quantitative estimate of drug-likeness (QED) is 0.346. The van der Waals surface area contributed by atoms with Crippen LogP contribution in [-0.2, 0) is 22.1 Å². The smallest absolute Gasteiger partial charge is 0.417 e. The van der Waals surface area contributed by atoms with Gasteiger partial charge in [-0.05, 0) is 42.5 Å². The summed E-state index contributed by atoms with van der Waals surface area (Å²) in [6, 6.07) is 8.99. The Kier molecular flexibility index (Phi) is 8.33. The first-order valence-electron chi connectivity index (χ1n) is 12.0. The minimum Gasteiger partial charge on any atom is -0.465 e. The summed E-state index contributed by atoms with van der Waals surface area (Å²) in [4.78, 5) is 24.1. The molecule has 11 heteroatoms. The van der Waals surface area contributed by atoms with Crippen molar-refractivity contribution in [3.8, 4) is 10.4 Å². The van der Waals surface area contributed by atoms with Gasteiger partial charge in [-0.2, -0.15) is 13.2 Å². The van der Waals surface area contributed by atoms with Crippen molar-refractivity contribution in [3.05, 3.63) is 53.3 Å². The molecule has 37 heavy (non-hydrogen) atoms. The Morgan fingerprint density at radius 2 is 1.92 bits per heavy atom. The number of nitrogens with one attached hydrogen (secondary N) is 1. The van der Waals surface area contributed by atoms with Gasteiger partial charge in [0.1, 0.15) is 11.4 Å². The van der Waals surface area contributed by atoms with E-state index in [2.05, 4.69) is 53.3 Å². The van der Waals surface area contributed by atoms with E-state index < -0.39 is 17.7 Å².